The van der Waals surface area contributed by atoms with Gasteiger partial charge in [-0.3, -0.25) is 4.79 Å². The van der Waals surface area contributed by atoms with E-state index in [0.29, 0.717) is 13.0 Å². The second kappa shape index (κ2) is 5.77. The van der Waals surface area contributed by atoms with Crippen LogP contribution >= 0.6 is 0 Å². The van der Waals surface area contributed by atoms with Crippen molar-refractivity contribution in [3.63, 3.8) is 0 Å². The molecule has 1 aliphatic heterocycles. The highest BCUT2D eigenvalue weighted by Gasteiger charge is 2.28. The molecule has 0 saturated carbocycles. The van der Waals surface area contributed by atoms with E-state index in [4.69, 9.17) is 4.74 Å². The Kier molecular flexibility index (Phi) is 3.67. The number of rotatable bonds is 5. The predicted molar refractivity (Wildman–Crippen MR) is 74.5 cm³/mol. The van der Waals surface area contributed by atoms with E-state index in [1.54, 1.807) is 12.4 Å². The third kappa shape index (κ3) is 2.82. The number of ether oxygens (including phenoxy) is 1. The van der Waals surface area contributed by atoms with Crippen molar-refractivity contribution in [2.24, 2.45) is 0 Å². The molecule has 1 unspecified atom stereocenters. The fraction of sp³-hybridized carbons (Fsp3) is 0.333. The molecule has 5 nitrogen and oxygen atoms in total. The van der Waals surface area contributed by atoms with Crippen LogP contribution in [0, 0.1) is 0 Å². The first-order valence-electron chi connectivity index (χ1n) is 6.83. The van der Waals surface area contributed by atoms with Crippen LogP contribution < -0.4 is 10.1 Å². The van der Waals surface area contributed by atoms with Gasteiger partial charge in [-0.1, -0.05) is 18.2 Å². The first-order valence-corrected chi connectivity index (χ1v) is 6.83. The van der Waals surface area contributed by atoms with Crippen molar-refractivity contribution in [1.29, 1.82) is 0 Å². The van der Waals surface area contributed by atoms with E-state index in [9.17, 15) is 4.79 Å². The number of imidazole rings is 1. The number of nitrogens with zero attached hydrogens (tertiary/aromatic N) is 1. The van der Waals surface area contributed by atoms with Crippen molar-refractivity contribution in [3.8, 4) is 5.75 Å². The predicted octanol–water partition coefficient (Wildman–Crippen LogP) is 1.46. The van der Waals surface area contributed by atoms with Gasteiger partial charge in [0.15, 0.2) is 6.10 Å². The van der Waals surface area contributed by atoms with Crippen molar-refractivity contribution >= 4 is 5.91 Å². The molecule has 2 heterocycles. The van der Waals surface area contributed by atoms with E-state index in [1.165, 1.54) is 0 Å². The van der Waals surface area contributed by atoms with Gasteiger partial charge in [-0.05, 0) is 18.1 Å². The fourth-order valence-electron chi connectivity index (χ4n) is 2.34. The Balaban J connectivity index is 1.42. The van der Waals surface area contributed by atoms with E-state index in [-0.39, 0.29) is 5.91 Å². The van der Waals surface area contributed by atoms with Crippen LogP contribution in [0.2, 0.25) is 0 Å². The summed E-state index contributed by atoms with van der Waals surface area (Å²) in [6, 6.07) is 7.79. The molecule has 1 aromatic carbocycles. The van der Waals surface area contributed by atoms with Crippen LogP contribution in [0.5, 0.6) is 5.75 Å². The third-order valence-corrected chi connectivity index (χ3v) is 3.38. The zero-order valence-corrected chi connectivity index (χ0v) is 11.1. The zero-order valence-electron chi connectivity index (χ0n) is 11.1. The first kappa shape index (κ1) is 12.7. The second-order valence-electron chi connectivity index (χ2n) is 4.85. The van der Waals surface area contributed by atoms with Gasteiger partial charge in [-0.25, -0.2) is 4.98 Å². The molecular weight excluding hydrogens is 254 g/mol. The highest BCUT2D eigenvalue weighted by atomic mass is 16.5. The second-order valence-corrected chi connectivity index (χ2v) is 4.85. The summed E-state index contributed by atoms with van der Waals surface area (Å²) in [7, 11) is 0. The molecule has 0 bridgehead atoms. The molecule has 1 amide bonds. The largest absolute Gasteiger partial charge is 0.480 e. The molecular formula is C15H17N3O2. The van der Waals surface area contributed by atoms with Crippen LogP contribution in [-0.2, 0) is 17.6 Å². The molecule has 0 aliphatic carbocycles. The number of carbonyl (C=O) groups is 1. The lowest BCUT2D eigenvalue weighted by molar-refractivity contribution is -0.127. The van der Waals surface area contributed by atoms with Crippen molar-refractivity contribution < 1.29 is 9.53 Å². The minimum atomic E-state index is -0.393. The van der Waals surface area contributed by atoms with Crippen molar-refractivity contribution in [1.82, 2.24) is 15.3 Å². The molecule has 3 rings (SSSR count). The number of aromatic nitrogens is 2. The summed E-state index contributed by atoms with van der Waals surface area (Å²) in [5.74, 6) is 1.73. The maximum Gasteiger partial charge on any atom is 0.261 e. The summed E-state index contributed by atoms with van der Waals surface area (Å²) >= 11 is 0. The van der Waals surface area contributed by atoms with Crippen LogP contribution in [0.3, 0.4) is 0 Å². The van der Waals surface area contributed by atoms with Crippen molar-refractivity contribution in [2.75, 3.05) is 6.54 Å². The van der Waals surface area contributed by atoms with Crippen LogP contribution in [0.1, 0.15) is 17.8 Å². The zero-order chi connectivity index (χ0) is 13.8. The number of fused-ring (bicyclic) bond motifs is 1. The number of hydrogen-bond donors (Lipinski definition) is 2. The number of nitrogens with one attached hydrogen (secondary N) is 2. The number of H-pyrrole nitrogens is 1. The van der Waals surface area contributed by atoms with Crippen molar-refractivity contribution in [3.05, 3.63) is 48.0 Å². The SMILES string of the molecule is O=C(NCCCc1ncc[nH]1)C1Cc2ccccc2O1. The number of benzene rings is 1. The van der Waals surface area contributed by atoms with Gasteiger partial charge in [0.25, 0.3) is 5.91 Å². The molecule has 20 heavy (non-hydrogen) atoms. The minimum Gasteiger partial charge on any atom is -0.480 e. The number of aryl methyl sites for hydroxylation is 1. The maximum atomic E-state index is 12.0. The number of para-hydroxylation sites is 1. The molecule has 2 aromatic rings. The normalized spacial score (nSPS) is 16.5. The molecule has 0 fully saturated rings. The molecule has 1 aromatic heterocycles. The van der Waals surface area contributed by atoms with Gasteiger partial charge in [0.1, 0.15) is 11.6 Å². The van der Waals surface area contributed by atoms with Gasteiger partial charge in [-0.15, -0.1) is 0 Å². The Morgan fingerprint density at radius 2 is 2.35 bits per heavy atom. The van der Waals surface area contributed by atoms with Crippen LogP contribution in [-0.4, -0.2) is 28.5 Å². The molecule has 2 N–H and O–H groups in total. The molecule has 5 heteroatoms. The van der Waals surface area contributed by atoms with Gasteiger partial charge in [0, 0.05) is 31.8 Å². The van der Waals surface area contributed by atoms with Crippen LogP contribution in [0.4, 0.5) is 0 Å². The molecule has 0 radical (unpaired) electrons. The summed E-state index contributed by atoms with van der Waals surface area (Å²) in [5.41, 5.74) is 1.10. The minimum absolute atomic E-state index is 0.0411. The van der Waals surface area contributed by atoms with E-state index >= 15 is 0 Å². The Bertz CT molecular complexity index is 556. The summed E-state index contributed by atoms with van der Waals surface area (Å²) in [4.78, 5) is 19.2. The molecule has 1 atom stereocenters. The smallest absolute Gasteiger partial charge is 0.261 e. The maximum absolute atomic E-state index is 12.0. The molecule has 0 saturated heterocycles. The van der Waals surface area contributed by atoms with Crippen LogP contribution in [0.25, 0.3) is 0 Å². The topological polar surface area (TPSA) is 67.0 Å². The quantitative estimate of drug-likeness (QED) is 0.809. The summed E-state index contributed by atoms with van der Waals surface area (Å²) < 4.78 is 5.64. The Morgan fingerprint density at radius 3 is 3.15 bits per heavy atom. The summed E-state index contributed by atoms with van der Waals surface area (Å²) in [5, 5.41) is 2.92. The standard InChI is InChI=1S/C15H17N3O2/c19-15(18-7-3-6-14-16-8-9-17-14)13-10-11-4-1-2-5-12(11)20-13/h1-2,4-5,8-9,13H,3,6-7,10H2,(H,16,17)(H,18,19). The molecule has 1 aliphatic rings. The molecule has 0 spiro atoms. The lowest BCUT2D eigenvalue weighted by Gasteiger charge is -2.10. The average molecular weight is 271 g/mol. The summed E-state index contributed by atoms with van der Waals surface area (Å²) in [6.45, 7) is 0.635. The van der Waals surface area contributed by atoms with Crippen molar-refractivity contribution in [2.45, 2.75) is 25.4 Å². The number of carbonyl (C=O) groups excluding carboxylic acids is 1. The average Bonchev–Trinajstić information content (AvgIpc) is 3.12. The third-order valence-electron chi connectivity index (χ3n) is 3.38. The monoisotopic (exact) mass is 271 g/mol. The highest BCUT2D eigenvalue weighted by Crippen LogP contribution is 2.27. The highest BCUT2D eigenvalue weighted by molar-refractivity contribution is 5.82. The van der Waals surface area contributed by atoms with Gasteiger partial charge >= 0.3 is 0 Å². The van der Waals surface area contributed by atoms with E-state index < -0.39 is 6.10 Å². The van der Waals surface area contributed by atoms with Crippen LogP contribution in [0.15, 0.2) is 36.7 Å². The summed E-state index contributed by atoms with van der Waals surface area (Å²) in [6.07, 6.45) is 5.49. The Hall–Kier alpha value is -2.30. The van der Waals surface area contributed by atoms with Gasteiger partial charge in [0.2, 0.25) is 0 Å². The number of hydrogen-bond acceptors (Lipinski definition) is 3. The molecule has 104 valence electrons. The lowest BCUT2D eigenvalue weighted by atomic mass is 10.1. The Morgan fingerprint density at radius 1 is 1.45 bits per heavy atom. The van der Waals surface area contributed by atoms with E-state index in [1.807, 2.05) is 24.3 Å². The first-order chi connectivity index (χ1) is 9.83. The van der Waals surface area contributed by atoms with Gasteiger partial charge < -0.3 is 15.0 Å². The van der Waals surface area contributed by atoms with E-state index in [0.717, 1.165) is 30.0 Å². The fourth-order valence-corrected chi connectivity index (χ4v) is 2.34. The number of amides is 1. The van der Waals surface area contributed by atoms with E-state index in [2.05, 4.69) is 15.3 Å². The Labute approximate surface area is 117 Å². The number of aromatic amines is 1. The van der Waals surface area contributed by atoms with Gasteiger partial charge in [0.05, 0.1) is 0 Å². The van der Waals surface area contributed by atoms with Gasteiger partial charge in [-0.2, -0.15) is 0 Å². The lowest BCUT2D eigenvalue weighted by Crippen LogP contribution is -2.38.